The molecule has 4 rings (SSSR count). The normalized spacial score (nSPS) is 12.5. The van der Waals surface area contributed by atoms with Gasteiger partial charge in [0.05, 0.1) is 21.6 Å². The van der Waals surface area contributed by atoms with Crippen LogP contribution in [0, 0.1) is 10.1 Å². The molecule has 166 valence electrons. The maximum Gasteiger partial charge on any atom is 0.276 e. The van der Waals surface area contributed by atoms with Gasteiger partial charge in [-0.1, -0.05) is 47.5 Å². The van der Waals surface area contributed by atoms with Gasteiger partial charge < -0.3 is 10.1 Å². The molecule has 0 bridgehead atoms. The third kappa shape index (κ3) is 4.85. The van der Waals surface area contributed by atoms with E-state index in [9.17, 15) is 20.0 Å². The van der Waals surface area contributed by atoms with Crippen LogP contribution in [0.25, 0.3) is 11.0 Å². The van der Waals surface area contributed by atoms with Crippen molar-refractivity contribution in [2.75, 3.05) is 5.43 Å². The number of benzene rings is 3. The van der Waals surface area contributed by atoms with E-state index in [1.54, 1.807) is 30.3 Å². The number of H-pyrrole nitrogens is 1. The fourth-order valence-electron chi connectivity index (χ4n) is 3.11. The number of rotatable bonds is 6. The summed E-state index contributed by atoms with van der Waals surface area (Å²) in [5.41, 5.74) is 2.94. The molecule has 33 heavy (non-hydrogen) atoms. The lowest BCUT2D eigenvalue weighted by Gasteiger charge is -2.16. The molecule has 0 aliphatic rings. The summed E-state index contributed by atoms with van der Waals surface area (Å²) in [5, 5.41) is 27.0. The number of anilines is 1. The maximum absolute atomic E-state index is 12.9. The average Bonchev–Trinajstić information content (AvgIpc) is 2.79. The number of aliphatic hydroxyl groups is 1. The molecule has 0 aliphatic carbocycles. The molecule has 9 nitrogen and oxygen atoms in total. The van der Waals surface area contributed by atoms with E-state index in [-0.39, 0.29) is 38.7 Å². The summed E-state index contributed by atoms with van der Waals surface area (Å²) in [7, 11) is 0. The Hall–Kier alpha value is -3.79. The van der Waals surface area contributed by atoms with Crippen LogP contribution in [0.5, 0.6) is 0 Å². The molecule has 0 amide bonds. The Bertz CT molecular complexity index is 1440. The van der Waals surface area contributed by atoms with E-state index in [1.165, 1.54) is 30.3 Å². The predicted molar refractivity (Wildman–Crippen MR) is 127 cm³/mol. The van der Waals surface area contributed by atoms with E-state index in [0.29, 0.717) is 10.7 Å². The van der Waals surface area contributed by atoms with Crippen molar-refractivity contribution < 1.29 is 10.0 Å². The molecular formula is C22H15Cl2N5O4. The van der Waals surface area contributed by atoms with Crippen LogP contribution in [-0.4, -0.2) is 25.7 Å². The minimum atomic E-state index is -1.44. The molecule has 0 unspecified atom stereocenters. The van der Waals surface area contributed by atoms with Gasteiger partial charge >= 0.3 is 0 Å². The third-order valence-corrected chi connectivity index (χ3v) is 5.29. The Kier molecular flexibility index (Phi) is 6.36. The molecule has 1 atom stereocenters. The van der Waals surface area contributed by atoms with Crippen LogP contribution in [0.15, 0.2) is 76.6 Å². The second-order valence-corrected chi connectivity index (χ2v) is 7.76. The number of nitro benzene ring substituents is 1. The van der Waals surface area contributed by atoms with Crippen molar-refractivity contribution in [1.82, 2.24) is 9.97 Å². The van der Waals surface area contributed by atoms with Gasteiger partial charge in [0.1, 0.15) is 11.8 Å². The topological polar surface area (TPSA) is 134 Å². The molecule has 0 aliphatic heterocycles. The highest BCUT2D eigenvalue weighted by Gasteiger charge is 2.25. The Balaban J connectivity index is 1.85. The molecule has 3 N–H and O–H groups in total. The number of aliphatic hydroxyl groups excluding tert-OH is 1. The van der Waals surface area contributed by atoms with Crippen molar-refractivity contribution >= 4 is 51.3 Å². The number of para-hydroxylation sites is 1. The first-order valence-electron chi connectivity index (χ1n) is 9.54. The lowest BCUT2D eigenvalue weighted by molar-refractivity contribution is -0.384. The summed E-state index contributed by atoms with van der Waals surface area (Å²) >= 11 is 12.2. The molecule has 1 aromatic heterocycles. The monoisotopic (exact) mass is 483 g/mol. The van der Waals surface area contributed by atoms with Crippen LogP contribution >= 0.6 is 23.2 Å². The second-order valence-electron chi connectivity index (χ2n) is 6.92. The van der Waals surface area contributed by atoms with E-state index in [0.717, 1.165) is 0 Å². The first-order valence-corrected chi connectivity index (χ1v) is 10.3. The first-order chi connectivity index (χ1) is 15.8. The lowest BCUT2D eigenvalue weighted by atomic mass is 10.0. The highest BCUT2D eigenvalue weighted by Crippen LogP contribution is 2.28. The highest BCUT2D eigenvalue weighted by molar-refractivity contribution is 6.35. The van der Waals surface area contributed by atoms with Gasteiger partial charge in [0.25, 0.3) is 11.2 Å². The van der Waals surface area contributed by atoms with Crippen molar-refractivity contribution in [3.8, 4) is 0 Å². The van der Waals surface area contributed by atoms with Gasteiger partial charge in [-0.3, -0.25) is 20.3 Å². The molecule has 4 aromatic rings. The fourth-order valence-corrected chi connectivity index (χ4v) is 3.62. The van der Waals surface area contributed by atoms with Gasteiger partial charge in [-0.25, -0.2) is 4.98 Å². The Morgan fingerprint density at radius 2 is 1.88 bits per heavy atom. The zero-order valence-corrected chi connectivity index (χ0v) is 18.2. The number of aromatic amines is 1. The van der Waals surface area contributed by atoms with Crippen LogP contribution in [-0.2, 0) is 0 Å². The average molecular weight is 484 g/mol. The summed E-state index contributed by atoms with van der Waals surface area (Å²) < 4.78 is 0. The van der Waals surface area contributed by atoms with Gasteiger partial charge in [0.15, 0.2) is 5.69 Å². The van der Waals surface area contributed by atoms with Crippen molar-refractivity contribution in [1.29, 1.82) is 0 Å². The molecule has 1 heterocycles. The van der Waals surface area contributed by atoms with Crippen molar-refractivity contribution in [3.05, 3.63) is 109 Å². The van der Waals surface area contributed by atoms with E-state index in [1.807, 2.05) is 6.07 Å². The molecule has 0 spiro atoms. The number of nitrogens with zero attached hydrogens (tertiary/aromatic N) is 3. The summed E-state index contributed by atoms with van der Waals surface area (Å²) in [6.07, 6.45) is -1.44. The van der Waals surface area contributed by atoms with Gasteiger partial charge in [0, 0.05) is 27.7 Å². The van der Waals surface area contributed by atoms with Gasteiger partial charge in [0.2, 0.25) is 0 Å². The number of fused-ring (bicyclic) bond motifs is 1. The minimum absolute atomic E-state index is 0.107. The number of nitrogens with one attached hydrogen (secondary N) is 2. The Morgan fingerprint density at radius 3 is 2.58 bits per heavy atom. The third-order valence-electron chi connectivity index (χ3n) is 4.72. The standard InChI is InChI=1S/C22H15Cl2N5O4/c23-12-6-8-15(16(24)10-12)21(30)19(28-27-13-4-2-1-3-5-13)20-22(31)26-18-11-14(29(32)33)7-9-17(18)25-20/h1-11,21,27,30H,(H,26,31)/b28-19-/t21-/m0/s1. The van der Waals surface area contributed by atoms with Crippen LogP contribution in [0.4, 0.5) is 11.4 Å². The summed E-state index contributed by atoms with van der Waals surface area (Å²) in [5.74, 6) is 0. The van der Waals surface area contributed by atoms with Gasteiger partial charge in [-0.2, -0.15) is 5.10 Å². The molecular weight excluding hydrogens is 469 g/mol. The fraction of sp³-hybridized carbons (Fsp3) is 0.0455. The van der Waals surface area contributed by atoms with Crippen LogP contribution in [0.3, 0.4) is 0 Å². The summed E-state index contributed by atoms with van der Waals surface area (Å²) in [6, 6.07) is 17.3. The van der Waals surface area contributed by atoms with Crippen LogP contribution in [0.2, 0.25) is 10.0 Å². The zero-order valence-electron chi connectivity index (χ0n) is 16.7. The van der Waals surface area contributed by atoms with E-state index < -0.39 is 16.6 Å². The van der Waals surface area contributed by atoms with Crippen LogP contribution in [0.1, 0.15) is 17.4 Å². The zero-order chi connectivity index (χ0) is 23.5. The largest absolute Gasteiger partial charge is 0.382 e. The lowest BCUT2D eigenvalue weighted by Crippen LogP contribution is -2.26. The number of aromatic nitrogens is 2. The SMILES string of the molecule is O=c1[nH]c2cc([N+](=O)[O-])ccc2nc1/C(=N/Nc1ccccc1)[C@@H](O)c1ccc(Cl)cc1Cl. The smallest absolute Gasteiger partial charge is 0.276 e. The van der Waals surface area contributed by atoms with Crippen molar-refractivity contribution in [2.24, 2.45) is 5.10 Å². The number of non-ortho nitro benzene ring substituents is 1. The van der Waals surface area contributed by atoms with Crippen molar-refractivity contribution in [2.45, 2.75) is 6.10 Å². The molecule has 0 saturated carbocycles. The summed E-state index contributed by atoms with van der Waals surface area (Å²) in [6.45, 7) is 0. The molecule has 3 aromatic carbocycles. The quantitative estimate of drug-likeness (QED) is 0.207. The Labute approximate surface area is 196 Å². The van der Waals surface area contributed by atoms with Gasteiger partial charge in [-0.05, 0) is 30.3 Å². The van der Waals surface area contributed by atoms with E-state index in [4.69, 9.17) is 23.2 Å². The second kappa shape index (κ2) is 9.37. The number of halogens is 2. The van der Waals surface area contributed by atoms with Gasteiger partial charge in [-0.15, -0.1) is 0 Å². The van der Waals surface area contributed by atoms with E-state index >= 15 is 0 Å². The van der Waals surface area contributed by atoms with Crippen molar-refractivity contribution in [3.63, 3.8) is 0 Å². The molecule has 0 fully saturated rings. The van der Waals surface area contributed by atoms with Crippen LogP contribution < -0.4 is 11.0 Å². The number of hydrogen-bond acceptors (Lipinski definition) is 7. The number of nitro groups is 1. The molecule has 0 saturated heterocycles. The molecule has 0 radical (unpaired) electrons. The first kappa shape index (κ1) is 22.4. The Morgan fingerprint density at radius 1 is 1.12 bits per heavy atom. The summed E-state index contributed by atoms with van der Waals surface area (Å²) in [4.78, 5) is 30.2. The highest BCUT2D eigenvalue weighted by atomic mass is 35.5. The predicted octanol–water partition coefficient (Wildman–Crippen LogP) is 4.69. The number of hydrogen-bond donors (Lipinski definition) is 3. The maximum atomic E-state index is 12.9. The number of hydrazone groups is 1. The van der Waals surface area contributed by atoms with E-state index in [2.05, 4.69) is 20.5 Å². The molecule has 11 heteroatoms. The minimum Gasteiger partial charge on any atom is -0.382 e.